The van der Waals surface area contributed by atoms with Crippen LogP contribution in [0.25, 0.3) is 17.2 Å². The molecule has 2 aromatic carbocycles. The first-order chi connectivity index (χ1) is 11.0. The summed E-state index contributed by atoms with van der Waals surface area (Å²) in [4.78, 5) is 0. The zero-order valence-corrected chi connectivity index (χ0v) is 15.0. The Morgan fingerprint density at radius 2 is 1.65 bits per heavy atom. The number of hydrogen-bond donors (Lipinski definition) is 0. The molecule has 0 radical (unpaired) electrons. The molecule has 23 heavy (non-hydrogen) atoms. The molecule has 0 aliphatic heterocycles. The summed E-state index contributed by atoms with van der Waals surface area (Å²) in [6, 6.07) is 7.29. The predicted molar refractivity (Wildman–Crippen MR) is 100 cm³/mol. The van der Waals surface area contributed by atoms with E-state index in [0.717, 1.165) is 0 Å². The van der Waals surface area contributed by atoms with Crippen LogP contribution in [0.3, 0.4) is 0 Å². The van der Waals surface area contributed by atoms with Crippen molar-refractivity contribution in [3.05, 3.63) is 62.7 Å². The van der Waals surface area contributed by atoms with Gasteiger partial charge in [0.1, 0.15) is 0 Å². The molecule has 0 heterocycles. The van der Waals surface area contributed by atoms with Gasteiger partial charge in [-0.2, -0.15) is 0 Å². The Bertz CT molecular complexity index is 855. The summed E-state index contributed by atoms with van der Waals surface area (Å²) < 4.78 is 0.571. The van der Waals surface area contributed by atoms with Crippen LogP contribution in [0.5, 0.6) is 0 Å². The van der Waals surface area contributed by atoms with Crippen molar-refractivity contribution < 1.29 is 0 Å². The SMILES string of the molecule is [Li][CH]1C(C)=Cc2c1cc1c(c2-c2cc(C)c(C)cc2C)CCC1. The van der Waals surface area contributed by atoms with Gasteiger partial charge < -0.3 is 0 Å². The molecular weight excluding hydrogens is 271 g/mol. The van der Waals surface area contributed by atoms with Crippen molar-refractivity contribution in [2.45, 2.75) is 51.5 Å². The second-order valence-corrected chi connectivity index (χ2v) is 7.61. The molecule has 112 valence electrons. The Hall–Kier alpha value is -1.22. The molecule has 2 aromatic rings. The second-order valence-electron chi connectivity index (χ2n) is 7.61. The molecule has 0 N–H and O–H groups in total. The molecule has 0 fully saturated rings. The molecule has 1 atom stereocenters. The van der Waals surface area contributed by atoms with Gasteiger partial charge in [-0.3, -0.25) is 0 Å². The van der Waals surface area contributed by atoms with Crippen LogP contribution < -0.4 is 0 Å². The van der Waals surface area contributed by atoms with Crippen LogP contribution in [0.1, 0.15) is 56.9 Å². The number of rotatable bonds is 1. The molecule has 0 saturated heterocycles. The van der Waals surface area contributed by atoms with E-state index in [0.29, 0.717) is 4.59 Å². The average Bonchev–Trinajstić information content (AvgIpc) is 3.07. The van der Waals surface area contributed by atoms with Gasteiger partial charge in [-0.25, -0.2) is 0 Å². The third-order valence-electron chi connectivity index (χ3n) is 6.10. The molecule has 0 saturated carbocycles. The van der Waals surface area contributed by atoms with E-state index < -0.39 is 0 Å². The van der Waals surface area contributed by atoms with Crippen LogP contribution in [0, 0.1) is 20.8 Å². The molecule has 0 aromatic heterocycles. The summed E-state index contributed by atoms with van der Waals surface area (Å²) in [5.74, 6) is 0. The third-order valence-corrected chi connectivity index (χ3v) is 6.10. The van der Waals surface area contributed by atoms with Crippen molar-refractivity contribution in [2.75, 3.05) is 0 Å². The van der Waals surface area contributed by atoms with Gasteiger partial charge in [0, 0.05) is 0 Å². The fourth-order valence-electron chi connectivity index (χ4n) is 4.43. The van der Waals surface area contributed by atoms with Crippen LogP contribution in [-0.2, 0) is 12.8 Å². The minimum absolute atomic E-state index is 0.571. The Labute approximate surface area is 149 Å². The van der Waals surface area contributed by atoms with Crippen LogP contribution >= 0.6 is 0 Å². The van der Waals surface area contributed by atoms with Gasteiger partial charge in [-0.15, -0.1) is 0 Å². The van der Waals surface area contributed by atoms with Gasteiger partial charge in [0.15, 0.2) is 0 Å². The van der Waals surface area contributed by atoms with E-state index in [1.807, 2.05) is 0 Å². The van der Waals surface area contributed by atoms with Gasteiger partial charge in [-0.05, 0) is 0 Å². The first-order valence-electron chi connectivity index (χ1n) is 8.92. The van der Waals surface area contributed by atoms with Crippen molar-refractivity contribution in [3.8, 4) is 11.1 Å². The normalized spacial score (nSPS) is 18.9. The van der Waals surface area contributed by atoms with Crippen LogP contribution in [-0.4, -0.2) is 17.7 Å². The fraction of sp³-hybridized carbons (Fsp3) is 0.364. The van der Waals surface area contributed by atoms with Crippen LogP contribution in [0.15, 0.2) is 23.8 Å². The van der Waals surface area contributed by atoms with Gasteiger partial charge in [0.05, 0.1) is 0 Å². The second kappa shape index (κ2) is 5.40. The van der Waals surface area contributed by atoms with E-state index in [2.05, 4.69) is 69.7 Å². The third kappa shape index (κ3) is 2.27. The first-order valence-corrected chi connectivity index (χ1v) is 8.92. The molecule has 0 nitrogen and oxygen atoms in total. The van der Waals surface area contributed by atoms with Crippen LogP contribution in [0.4, 0.5) is 0 Å². The summed E-state index contributed by atoms with van der Waals surface area (Å²) in [5.41, 5.74) is 15.0. The quantitative estimate of drug-likeness (QED) is 0.618. The summed E-state index contributed by atoms with van der Waals surface area (Å²) in [7, 11) is 0. The number of benzene rings is 2. The molecule has 0 bridgehead atoms. The maximum absolute atomic E-state index is 2.51. The standard InChI is InChI=1S/C22H23.Li/c1-13-8-18-12-17-6-5-7-19(17)22(21(18)9-13)20-11-15(3)14(2)10-16(20)4;/h8-12H,5-7H2,1-4H3;. The van der Waals surface area contributed by atoms with Gasteiger partial charge >= 0.3 is 149 Å². The number of fused-ring (bicyclic) bond motifs is 2. The summed E-state index contributed by atoms with van der Waals surface area (Å²) >= 11 is 2.36. The van der Waals surface area contributed by atoms with E-state index in [4.69, 9.17) is 0 Å². The Balaban J connectivity index is 2.07. The Morgan fingerprint density at radius 3 is 2.43 bits per heavy atom. The maximum atomic E-state index is 2.51. The van der Waals surface area contributed by atoms with E-state index in [1.165, 1.54) is 52.7 Å². The van der Waals surface area contributed by atoms with Gasteiger partial charge in [-0.1, -0.05) is 0 Å². The molecule has 2 aliphatic carbocycles. The minimum atomic E-state index is 0.571. The van der Waals surface area contributed by atoms with Gasteiger partial charge in [0.25, 0.3) is 0 Å². The van der Waals surface area contributed by atoms with Crippen molar-refractivity contribution in [2.24, 2.45) is 0 Å². The first kappa shape index (κ1) is 15.3. The zero-order chi connectivity index (χ0) is 16.3. The Morgan fingerprint density at radius 1 is 0.913 bits per heavy atom. The molecule has 1 unspecified atom stereocenters. The van der Waals surface area contributed by atoms with E-state index in [9.17, 15) is 0 Å². The fourth-order valence-corrected chi connectivity index (χ4v) is 4.43. The van der Waals surface area contributed by atoms with E-state index >= 15 is 0 Å². The molecular formula is C22H23Li. The van der Waals surface area contributed by atoms with E-state index in [1.54, 1.807) is 22.3 Å². The van der Waals surface area contributed by atoms with E-state index in [-0.39, 0.29) is 0 Å². The molecule has 1 heteroatoms. The van der Waals surface area contributed by atoms with Crippen molar-refractivity contribution in [1.29, 1.82) is 0 Å². The molecule has 0 amide bonds. The Kier molecular flexibility index (Phi) is 3.60. The van der Waals surface area contributed by atoms with Crippen molar-refractivity contribution in [3.63, 3.8) is 0 Å². The summed E-state index contributed by atoms with van der Waals surface area (Å²) in [6.45, 7) is 9.02. The van der Waals surface area contributed by atoms with Crippen LogP contribution in [0.2, 0.25) is 0 Å². The van der Waals surface area contributed by atoms with Crippen molar-refractivity contribution >= 4 is 23.8 Å². The average molecular weight is 294 g/mol. The summed E-state index contributed by atoms with van der Waals surface area (Å²) in [5, 5.41) is 0. The predicted octanol–water partition coefficient (Wildman–Crippen LogP) is 5.39. The van der Waals surface area contributed by atoms with Crippen molar-refractivity contribution in [1.82, 2.24) is 0 Å². The molecule has 0 spiro atoms. The number of aryl methyl sites for hydroxylation is 4. The van der Waals surface area contributed by atoms with Gasteiger partial charge in [0.2, 0.25) is 0 Å². The molecule has 2 aliphatic rings. The topological polar surface area (TPSA) is 0 Å². The number of allylic oxidation sites excluding steroid dienone is 1. The molecule has 4 rings (SSSR count). The monoisotopic (exact) mass is 294 g/mol. The number of hydrogen-bond acceptors (Lipinski definition) is 0. The zero-order valence-electron chi connectivity index (χ0n) is 15.0. The summed E-state index contributed by atoms with van der Waals surface area (Å²) in [6.07, 6.45) is 6.26.